The highest BCUT2D eigenvalue weighted by Gasteiger charge is 2.67. The van der Waals surface area contributed by atoms with Crippen molar-refractivity contribution in [2.24, 2.45) is 29.1 Å². The Morgan fingerprint density at radius 3 is 2.91 bits per heavy atom. The molecule has 1 heterocycles. The third kappa shape index (κ3) is 1.49. The number of ether oxygens (including phenoxy) is 1. The van der Waals surface area contributed by atoms with Crippen molar-refractivity contribution in [3.8, 4) is 0 Å². The van der Waals surface area contributed by atoms with Gasteiger partial charge in [-0.05, 0) is 49.7 Å². The third-order valence-electron chi connectivity index (χ3n) is 8.12. The van der Waals surface area contributed by atoms with E-state index in [4.69, 9.17) is 4.74 Å². The molecule has 0 aromatic carbocycles. The van der Waals surface area contributed by atoms with Crippen molar-refractivity contribution < 1.29 is 9.53 Å². The van der Waals surface area contributed by atoms with Gasteiger partial charge in [0.05, 0.1) is 5.76 Å². The van der Waals surface area contributed by atoms with Crippen LogP contribution in [0, 0.1) is 29.1 Å². The number of carbonyl (C=O) groups is 1. The quantitative estimate of drug-likeness (QED) is 0.612. The number of hydrogen-bond acceptors (Lipinski definition) is 2. The molecule has 0 aromatic rings. The monoisotopic (exact) mass is 310 g/mol. The van der Waals surface area contributed by atoms with Crippen molar-refractivity contribution in [3.05, 3.63) is 35.6 Å². The smallest absolute Gasteiger partial charge is 0.155 e. The molecule has 0 N–H and O–H groups in total. The maximum Gasteiger partial charge on any atom is 0.155 e. The van der Waals surface area contributed by atoms with Crippen LogP contribution < -0.4 is 0 Å². The van der Waals surface area contributed by atoms with Gasteiger partial charge in [-0.15, -0.1) is 0 Å². The van der Waals surface area contributed by atoms with Crippen molar-refractivity contribution in [3.63, 3.8) is 0 Å². The Kier molecular flexibility index (Phi) is 2.57. The maximum absolute atomic E-state index is 12.0. The summed E-state index contributed by atoms with van der Waals surface area (Å²) in [4.78, 5) is 12.0. The first-order chi connectivity index (χ1) is 11.0. The number of fused-ring (bicyclic) bond motifs is 4. The standard InChI is InChI=1S/C21H26O2/c1-12-6-9-21-19-11-17(13(2)23-21)18-10-14(22)4-5-15(18)16(19)7-8-20(12,21)3/h7,10,12,15,17,19H,2,4-6,8-9,11H2,1,3H3/t12?,15?,17-,19?,20?,21-/m1/s1. The van der Waals surface area contributed by atoms with Gasteiger partial charge in [0.1, 0.15) is 5.60 Å². The Balaban J connectivity index is 1.70. The molecule has 5 rings (SSSR count). The zero-order valence-electron chi connectivity index (χ0n) is 14.2. The van der Waals surface area contributed by atoms with Gasteiger partial charge in [-0.2, -0.15) is 0 Å². The average molecular weight is 310 g/mol. The molecule has 2 bridgehead atoms. The van der Waals surface area contributed by atoms with Gasteiger partial charge in [-0.3, -0.25) is 4.79 Å². The highest BCUT2D eigenvalue weighted by molar-refractivity contribution is 5.91. The molecule has 6 atom stereocenters. The molecule has 1 aliphatic heterocycles. The molecular weight excluding hydrogens is 284 g/mol. The van der Waals surface area contributed by atoms with Gasteiger partial charge in [0, 0.05) is 29.6 Å². The normalized spacial score (nSPS) is 50.5. The second kappa shape index (κ2) is 4.20. The second-order valence-electron chi connectivity index (χ2n) is 8.77. The van der Waals surface area contributed by atoms with E-state index in [1.165, 1.54) is 18.4 Å². The van der Waals surface area contributed by atoms with E-state index in [0.29, 0.717) is 30.0 Å². The van der Waals surface area contributed by atoms with Gasteiger partial charge in [0.2, 0.25) is 0 Å². The molecule has 1 saturated heterocycles. The summed E-state index contributed by atoms with van der Waals surface area (Å²) in [7, 11) is 0. The number of allylic oxidation sites excluding steroid dienone is 3. The van der Waals surface area contributed by atoms with Crippen LogP contribution in [0.5, 0.6) is 0 Å². The molecule has 0 aromatic heterocycles. The first-order valence-corrected chi connectivity index (χ1v) is 9.28. The lowest BCUT2D eigenvalue weighted by molar-refractivity contribution is -0.163. The minimum Gasteiger partial charge on any atom is -0.490 e. The Labute approximate surface area is 138 Å². The Hall–Kier alpha value is -1.31. The molecule has 23 heavy (non-hydrogen) atoms. The minimum absolute atomic E-state index is 0.0307. The van der Waals surface area contributed by atoms with E-state index in [9.17, 15) is 4.79 Å². The van der Waals surface area contributed by atoms with E-state index in [0.717, 1.165) is 25.0 Å². The van der Waals surface area contributed by atoms with Crippen LogP contribution in [0.15, 0.2) is 35.6 Å². The second-order valence-corrected chi connectivity index (χ2v) is 8.77. The van der Waals surface area contributed by atoms with Crippen molar-refractivity contribution in [1.82, 2.24) is 0 Å². The van der Waals surface area contributed by atoms with Crippen LogP contribution in [0.2, 0.25) is 0 Å². The minimum atomic E-state index is -0.0307. The molecule has 122 valence electrons. The first-order valence-electron chi connectivity index (χ1n) is 9.28. The Morgan fingerprint density at radius 2 is 2.09 bits per heavy atom. The van der Waals surface area contributed by atoms with Crippen LogP contribution in [0.25, 0.3) is 0 Å². The fraction of sp³-hybridized carbons (Fsp3) is 0.667. The van der Waals surface area contributed by atoms with Gasteiger partial charge in [0.25, 0.3) is 0 Å². The van der Waals surface area contributed by atoms with Gasteiger partial charge >= 0.3 is 0 Å². The highest BCUT2D eigenvalue weighted by Crippen LogP contribution is 2.69. The van der Waals surface area contributed by atoms with Gasteiger partial charge in [-0.1, -0.05) is 32.1 Å². The third-order valence-corrected chi connectivity index (χ3v) is 8.12. The van der Waals surface area contributed by atoms with E-state index in [1.807, 2.05) is 6.08 Å². The molecule has 0 radical (unpaired) electrons. The summed E-state index contributed by atoms with van der Waals surface area (Å²) in [5.41, 5.74) is 3.11. The SMILES string of the molecule is C=C1O[C@@]23CCC(C)C2(C)CC=C2C4CCC(=O)C=C4[C@@H]1CC23. The van der Waals surface area contributed by atoms with Crippen molar-refractivity contribution in [2.45, 2.75) is 58.0 Å². The summed E-state index contributed by atoms with van der Waals surface area (Å²) in [6, 6.07) is 0. The number of rotatable bonds is 0. The molecule has 2 nitrogen and oxygen atoms in total. The van der Waals surface area contributed by atoms with Crippen molar-refractivity contribution in [1.29, 1.82) is 0 Å². The Morgan fingerprint density at radius 1 is 1.26 bits per heavy atom. The predicted molar refractivity (Wildman–Crippen MR) is 89.6 cm³/mol. The van der Waals surface area contributed by atoms with E-state index in [1.54, 1.807) is 5.57 Å². The van der Waals surface area contributed by atoms with Gasteiger partial charge in [0.15, 0.2) is 5.78 Å². The largest absolute Gasteiger partial charge is 0.490 e. The molecule has 4 unspecified atom stereocenters. The molecule has 1 spiro atoms. The fourth-order valence-corrected chi connectivity index (χ4v) is 6.60. The molecule has 3 fully saturated rings. The number of ketones is 1. The molecule has 2 heteroatoms. The molecule has 4 aliphatic carbocycles. The highest BCUT2D eigenvalue weighted by atomic mass is 16.5. The van der Waals surface area contributed by atoms with Crippen LogP contribution in [0.1, 0.15) is 52.4 Å². The lowest BCUT2D eigenvalue weighted by Crippen LogP contribution is -2.60. The van der Waals surface area contributed by atoms with E-state index in [2.05, 4.69) is 26.5 Å². The van der Waals surface area contributed by atoms with Crippen molar-refractivity contribution in [2.75, 3.05) is 0 Å². The maximum atomic E-state index is 12.0. The number of hydrogen-bond donors (Lipinski definition) is 0. The van der Waals surface area contributed by atoms with E-state index in [-0.39, 0.29) is 16.9 Å². The van der Waals surface area contributed by atoms with Crippen LogP contribution in [0.3, 0.4) is 0 Å². The van der Waals surface area contributed by atoms with E-state index < -0.39 is 0 Å². The zero-order valence-corrected chi connectivity index (χ0v) is 14.2. The summed E-state index contributed by atoms with van der Waals surface area (Å²) in [5, 5.41) is 0. The van der Waals surface area contributed by atoms with Crippen LogP contribution in [-0.4, -0.2) is 11.4 Å². The predicted octanol–water partition coefficient (Wildman–Crippen LogP) is 4.58. The summed E-state index contributed by atoms with van der Waals surface area (Å²) in [6.45, 7) is 9.16. The summed E-state index contributed by atoms with van der Waals surface area (Å²) in [5.74, 6) is 3.23. The van der Waals surface area contributed by atoms with Crippen LogP contribution in [0.4, 0.5) is 0 Å². The molecule has 0 amide bonds. The summed E-state index contributed by atoms with van der Waals surface area (Å²) in [6.07, 6.45) is 10.8. The molecular formula is C21H26O2. The lowest BCUT2D eigenvalue weighted by atomic mass is 9.50. The summed E-state index contributed by atoms with van der Waals surface area (Å²) < 4.78 is 6.71. The molecule has 2 saturated carbocycles. The topological polar surface area (TPSA) is 26.3 Å². The lowest BCUT2D eigenvalue weighted by Gasteiger charge is -2.61. The van der Waals surface area contributed by atoms with Gasteiger partial charge in [-0.25, -0.2) is 0 Å². The zero-order chi connectivity index (χ0) is 16.0. The van der Waals surface area contributed by atoms with Crippen molar-refractivity contribution >= 4 is 5.78 Å². The Bertz CT molecular complexity index is 684. The fourth-order valence-electron chi connectivity index (χ4n) is 6.60. The van der Waals surface area contributed by atoms with Crippen LogP contribution >= 0.6 is 0 Å². The molecule has 5 aliphatic rings. The first kappa shape index (κ1) is 14.1. The average Bonchev–Trinajstić information content (AvgIpc) is 2.78. The number of carbonyl (C=O) groups excluding carboxylic acids is 1. The van der Waals surface area contributed by atoms with Crippen LogP contribution in [-0.2, 0) is 9.53 Å². The van der Waals surface area contributed by atoms with Gasteiger partial charge < -0.3 is 4.74 Å². The van der Waals surface area contributed by atoms with E-state index >= 15 is 0 Å². The summed E-state index contributed by atoms with van der Waals surface area (Å²) >= 11 is 0.